The minimum Gasteiger partial charge on any atom is -0.392 e. The Bertz CT molecular complexity index is 476. The van der Waals surface area contributed by atoms with Crippen molar-refractivity contribution >= 4 is 5.69 Å². The molecule has 1 saturated heterocycles. The Balaban J connectivity index is 2.24. The summed E-state index contributed by atoms with van der Waals surface area (Å²) in [5.74, 6) is 0. The Labute approximate surface area is 105 Å². The van der Waals surface area contributed by atoms with Crippen LogP contribution in [0.4, 0.5) is 5.69 Å². The van der Waals surface area contributed by atoms with Gasteiger partial charge in [-0.25, -0.2) is 0 Å². The molecule has 6 nitrogen and oxygen atoms in total. The molecule has 0 unspecified atom stereocenters. The molecule has 0 bridgehead atoms. The van der Waals surface area contributed by atoms with E-state index in [1.807, 2.05) is 0 Å². The van der Waals surface area contributed by atoms with Crippen molar-refractivity contribution in [2.45, 2.75) is 32.9 Å². The normalized spacial score (nSPS) is 20.3. The quantitative estimate of drug-likeness (QED) is 0.644. The van der Waals surface area contributed by atoms with Crippen LogP contribution in [0.25, 0.3) is 0 Å². The Kier molecular flexibility index (Phi) is 3.58. The van der Waals surface area contributed by atoms with Crippen LogP contribution < -0.4 is 0 Å². The predicted octanol–water partition coefficient (Wildman–Crippen LogP) is 1.17. The van der Waals surface area contributed by atoms with Gasteiger partial charge in [0, 0.05) is 37.0 Å². The number of nitro groups is 1. The molecule has 0 spiro atoms. The number of rotatable bonds is 3. The van der Waals surface area contributed by atoms with Gasteiger partial charge >= 0.3 is 0 Å². The smallest absolute Gasteiger partial charge is 0.278 e. The van der Waals surface area contributed by atoms with Gasteiger partial charge in [0.25, 0.3) is 5.69 Å². The van der Waals surface area contributed by atoms with Crippen molar-refractivity contribution in [2.24, 2.45) is 0 Å². The zero-order chi connectivity index (χ0) is 13.3. The zero-order valence-corrected chi connectivity index (χ0v) is 10.6. The van der Waals surface area contributed by atoms with Gasteiger partial charge < -0.3 is 5.11 Å². The zero-order valence-electron chi connectivity index (χ0n) is 10.6. The maximum absolute atomic E-state index is 11.0. The Morgan fingerprint density at radius 2 is 2.33 bits per heavy atom. The van der Waals surface area contributed by atoms with Gasteiger partial charge in [0.15, 0.2) is 0 Å². The molecular formula is C12H17N3O3. The number of likely N-dealkylation sites (tertiary alicyclic amines) is 1. The topological polar surface area (TPSA) is 79.5 Å². The predicted molar refractivity (Wildman–Crippen MR) is 66.3 cm³/mol. The van der Waals surface area contributed by atoms with E-state index in [1.165, 1.54) is 0 Å². The van der Waals surface area contributed by atoms with E-state index in [2.05, 4.69) is 9.88 Å². The SMILES string of the molecule is Cc1cnc(CN2CC[C@H](O)C2)c(C)c1[N+](=O)[O-]. The maximum Gasteiger partial charge on any atom is 0.278 e. The molecule has 98 valence electrons. The van der Waals surface area contributed by atoms with Gasteiger partial charge in [0.2, 0.25) is 0 Å². The molecule has 2 rings (SSSR count). The molecule has 1 aliphatic rings. The van der Waals surface area contributed by atoms with E-state index in [4.69, 9.17) is 0 Å². The third kappa shape index (κ3) is 2.49. The summed E-state index contributed by atoms with van der Waals surface area (Å²) in [7, 11) is 0. The molecular weight excluding hydrogens is 234 g/mol. The molecule has 1 fully saturated rings. The first-order valence-corrected chi connectivity index (χ1v) is 5.99. The maximum atomic E-state index is 11.0. The van der Waals surface area contributed by atoms with Crippen LogP contribution in [0, 0.1) is 24.0 Å². The number of aromatic nitrogens is 1. The van der Waals surface area contributed by atoms with Crippen LogP contribution in [0.1, 0.15) is 23.2 Å². The van der Waals surface area contributed by atoms with Crippen molar-refractivity contribution in [3.8, 4) is 0 Å². The van der Waals surface area contributed by atoms with Crippen molar-refractivity contribution in [2.75, 3.05) is 13.1 Å². The number of aliphatic hydroxyl groups excluding tert-OH is 1. The first-order chi connectivity index (χ1) is 8.49. The van der Waals surface area contributed by atoms with Gasteiger partial charge in [-0.1, -0.05) is 0 Å². The van der Waals surface area contributed by atoms with E-state index in [9.17, 15) is 15.2 Å². The molecule has 0 radical (unpaired) electrons. The van der Waals surface area contributed by atoms with E-state index >= 15 is 0 Å². The van der Waals surface area contributed by atoms with Crippen molar-refractivity contribution in [3.05, 3.63) is 33.1 Å². The number of hydrogen-bond acceptors (Lipinski definition) is 5. The van der Waals surface area contributed by atoms with Crippen LogP contribution in [0.15, 0.2) is 6.20 Å². The van der Waals surface area contributed by atoms with E-state index in [1.54, 1.807) is 20.0 Å². The minimum absolute atomic E-state index is 0.153. The Morgan fingerprint density at radius 3 is 2.89 bits per heavy atom. The number of nitrogens with zero attached hydrogens (tertiary/aromatic N) is 3. The van der Waals surface area contributed by atoms with Crippen molar-refractivity contribution in [1.82, 2.24) is 9.88 Å². The molecule has 2 heterocycles. The van der Waals surface area contributed by atoms with Gasteiger partial charge in [-0.3, -0.25) is 20.0 Å². The summed E-state index contributed by atoms with van der Waals surface area (Å²) < 4.78 is 0. The average Bonchev–Trinajstić information content (AvgIpc) is 2.68. The lowest BCUT2D eigenvalue weighted by molar-refractivity contribution is -0.386. The highest BCUT2D eigenvalue weighted by Gasteiger charge is 2.24. The molecule has 1 aliphatic heterocycles. The second-order valence-electron chi connectivity index (χ2n) is 4.80. The average molecular weight is 251 g/mol. The summed E-state index contributed by atoms with van der Waals surface area (Å²) in [6, 6.07) is 0. The monoisotopic (exact) mass is 251 g/mol. The Morgan fingerprint density at radius 1 is 1.61 bits per heavy atom. The van der Waals surface area contributed by atoms with Crippen molar-refractivity contribution in [1.29, 1.82) is 0 Å². The second kappa shape index (κ2) is 4.99. The highest BCUT2D eigenvalue weighted by Crippen LogP contribution is 2.25. The number of pyridine rings is 1. The van der Waals surface area contributed by atoms with Crippen LogP contribution in [0.3, 0.4) is 0 Å². The van der Waals surface area contributed by atoms with Gasteiger partial charge in [-0.05, 0) is 20.3 Å². The minimum atomic E-state index is -0.353. The highest BCUT2D eigenvalue weighted by molar-refractivity contribution is 5.47. The van der Waals surface area contributed by atoms with Gasteiger partial charge in [0.05, 0.1) is 16.7 Å². The van der Waals surface area contributed by atoms with E-state index < -0.39 is 0 Å². The third-order valence-corrected chi connectivity index (χ3v) is 3.38. The summed E-state index contributed by atoms with van der Waals surface area (Å²) >= 11 is 0. The molecule has 1 aromatic heterocycles. The number of β-amino-alcohol motifs (C(OH)–C–C–N with tert-alkyl or cyclic N) is 1. The standard InChI is InChI=1S/C12H17N3O3/c1-8-5-13-11(9(2)12(8)15(17)18)7-14-4-3-10(16)6-14/h5,10,16H,3-4,6-7H2,1-2H3/t10-/m0/s1. The Hall–Kier alpha value is -1.53. The summed E-state index contributed by atoms with van der Waals surface area (Å²) in [4.78, 5) is 17.0. The van der Waals surface area contributed by atoms with E-state index in [0.29, 0.717) is 24.2 Å². The molecule has 1 N–H and O–H groups in total. The largest absolute Gasteiger partial charge is 0.392 e. The fourth-order valence-corrected chi connectivity index (χ4v) is 2.37. The lowest BCUT2D eigenvalue weighted by Gasteiger charge is -2.16. The number of hydrogen-bond donors (Lipinski definition) is 1. The third-order valence-electron chi connectivity index (χ3n) is 3.38. The fraction of sp³-hybridized carbons (Fsp3) is 0.583. The van der Waals surface area contributed by atoms with Crippen molar-refractivity contribution in [3.63, 3.8) is 0 Å². The van der Waals surface area contributed by atoms with E-state index in [0.717, 1.165) is 18.7 Å². The lowest BCUT2D eigenvalue weighted by Crippen LogP contribution is -2.22. The highest BCUT2D eigenvalue weighted by atomic mass is 16.6. The van der Waals surface area contributed by atoms with Crippen LogP contribution in [0.2, 0.25) is 0 Å². The summed E-state index contributed by atoms with van der Waals surface area (Å²) in [5.41, 5.74) is 2.09. The van der Waals surface area contributed by atoms with Crippen molar-refractivity contribution < 1.29 is 10.0 Å². The summed E-state index contributed by atoms with van der Waals surface area (Å²) in [6.45, 7) is 5.41. The number of aliphatic hydroxyl groups is 1. The van der Waals surface area contributed by atoms with Gasteiger partial charge in [0.1, 0.15) is 0 Å². The first kappa shape index (κ1) is 12.9. The summed E-state index contributed by atoms with van der Waals surface area (Å²) in [5, 5.41) is 20.5. The van der Waals surface area contributed by atoms with Gasteiger partial charge in [-0.2, -0.15) is 0 Å². The summed E-state index contributed by atoms with van der Waals surface area (Å²) in [6.07, 6.45) is 2.02. The molecule has 1 aromatic rings. The molecule has 0 amide bonds. The number of aryl methyl sites for hydroxylation is 1. The molecule has 1 atom stereocenters. The first-order valence-electron chi connectivity index (χ1n) is 5.99. The molecule has 6 heteroatoms. The molecule has 18 heavy (non-hydrogen) atoms. The fourth-order valence-electron chi connectivity index (χ4n) is 2.37. The molecule has 0 aromatic carbocycles. The molecule has 0 saturated carbocycles. The molecule has 0 aliphatic carbocycles. The van der Waals surface area contributed by atoms with Gasteiger partial charge in [-0.15, -0.1) is 0 Å². The second-order valence-corrected chi connectivity index (χ2v) is 4.80. The van der Waals surface area contributed by atoms with Crippen LogP contribution >= 0.6 is 0 Å². The van der Waals surface area contributed by atoms with Crippen LogP contribution in [-0.2, 0) is 6.54 Å². The van der Waals surface area contributed by atoms with Crippen LogP contribution in [0.5, 0.6) is 0 Å². The van der Waals surface area contributed by atoms with Crippen LogP contribution in [-0.4, -0.2) is 39.1 Å². The van der Waals surface area contributed by atoms with E-state index in [-0.39, 0.29) is 16.7 Å². The lowest BCUT2D eigenvalue weighted by atomic mass is 10.1.